The first kappa shape index (κ1) is 18.1. The number of carbonyl (C=O) groups excluding carboxylic acids is 1. The fourth-order valence-electron chi connectivity index (χ4n) is 2.47. The number of carbonyl (C=O) groups is 1. The molecule has 2 rings (SSSR count). The van der Waals surface area contributed by atoms with Crippen molar-refractivity contribution in [3.05, 3.63) is 47.5 Å². The first-order valence-electron chi connectivity index (χ1n) is 7.47. The minimum absolute atomic E-state index is 0.303. The van der Waals surface area contributed by atoms with Crippen molar-refractivity contribution < 1.29 is 23.7 Å². The largest absolute Gasteiger partial charge is 0.497 e. The highest BCUT2D eigenvalue weighted by Crippen LogP contribution is 2.39. The highest BCUT2D eigenvalue weighted by atomic mass is 16.5. The molecule has 2 aromatic rings. The second-order valence-electron chi connectivity index (χ2n) is 5.11. The van der Waals surface area contributed by atoms with E-state index in [1.165, 1.54) is 33.5 Å². The van der Waals surface area contributed by atoms with Crippen LogP contribution < -0.4 is 18.9 Å². The molecule has 0 N–H and O–H groups in total. The second kappa shape index (κ2) is 8.06. The quantitative estimate of drug-likeness (QED) is 0.720. The molecule has 0 aliphatic rings. The molecular formula is C19H19NO5. The number of ether oxygens (including phenoxy) is 4. The maximum Gasteiger partial charge on any atom is 0.203 e. The molecule has 0 fully saturated rings. The molecule has 0 heterocycles. The van der Waals surface area contributed by atoms with Crippen LogP contribution in [0.4, 0.5) is 0 Å². The maximum atomic E-state index is 12.9. The third-order valence-electron chi connectivity index (χ3n) is 3.79. The third kappa shape index (κ3) is 3.66. The summed E-state index contributed by atoms with van der Waals surface area (Å²) in [5.41, 5.74) is 0.888. The summed E-state index contributed by atoms with van der Waals surface area (Å²) in [6, 6.07) is 11.9. The number of hydrogen-bond donors (Lipinski definition) is 0. The van der Waals surface area contributed by atoms with Crippen LogP contribution in [0.2, 0.25) is 0 Å². The molecule has 0 amide bonds. The fraction of sp³-hybridized carbons (Fsp3) is 0.263. The number of hydrogen-bond acceptors (Lipinski definition) is 6. The molecule has 1 atom stereocenters. The van der Waals surface area contributed by atoms with E-state index in [2.05, 4.69) is 6.07 Å². The van der Waals surface area contributed by atoms with Gasteiger partial charge in [0.25, 0.3) is 0 Å². The molecule has 0 bridgehead atoms. The Labute approximate surface area is 146 Å². The molecule has 6 heteroatoms. The first-order valence-corrected chi connectivity index (χ1v) is 7.47. The standard InChI is InChI=1S/C19H19NO5/c1-22-14-7-5-12(6-8-14)15(11-20)18(21)13-9-16(23-2)19(25-4)17(10-13)24-3/h5-10,15H,1-4H3/t15-/m0/s1. The Morgan fingerprint density at radius 2 is 1.48 bits per heavy atom. The van der Waals surface area contributed by atoms with Gasteiger partial charge in [0, 0.05) is 5.56 Å². The van der Waals surface area contributed by atoms with Crippen molar-refractivity contribution in [1.82, 2.24) is 0 Å². The van der Waals surface area contributed by atoms with Gasteiger partial charge in [-0.1, -0.05) is 12.1 Å². The van der Waals surface area contributed by atoms with Gasteiger partial charge < -0.3 is 18.9 Å². The van der Waals surface area contributed by atoms with Gasteiger partial charge in [0.2, 0.25) is 5.75 Å². The first-order chi connectivity index (χ1) is 12.1. The van der Waals surface area contributed by atoms with Crippen molar-refractivity contribution in [3.63, 3.8) is 0 Å². The molecule has 0 aliphatic carbocycles. The van der Waals surface area contributed by atoms with Gasteiger partial charge in [-0.3, -0.25) is 4.79 Å². The highest BCUT2D eigenvalue weighted by molar-refractivity contribution is 6.03. The van der Waals surface area contributed by atoms with E-state index in [-0.39, 0.29) is 5.78 Å². The lowest BCUT2D eigenvalue weighted by Crippen LogP contribution is -2.12. The highest BCUT2D eigenvalue weighted by Gasteiger charge is 2.25. The smallest absolute Gasteiger partial charge is 0.203 e. The van der Waals surface area contributed by atoms with E-state index in [9.17, 15) is 10.1 Å². The summed E-state index contributed by atoms with van der Waals surface area (Å²) in [7, 11) is 5.97. The number of benzene rings is 2. The summed E-state index contributed by atoms with van der Waals surface area (Å²) >= 11 is 0. The van der Waals surface area contributed by atoms with E-state index in [4.69, 9.17) is 18.9 Å². The molecule has 2 aromatic carbocycles. The van der Waals surface area contributed by atoms with Crippen LogP contribution in [-0.2, 0) is 0 Å². The topological polar surface area (TPSA) is 77.8 Å². The van der Waals surface area contributed by atoms with Gasteiger partial charge in [-0.2, -0.15) is 5.26 Å². The maximum absolute atomic E-state index is 12.9. The summed E-state index contributed by atoms with van der Waals surface area (Å²) < 4.78 is 20.9. The minimum atomic E-state index is -0.950. The summed E-state index contributed by atoms with van der Waals surface area (Å²) in [6.07, 6.45) is 0. The molecule has 130 valence electrons. The van der Waals surface area contributed by atoms with Crippen LogP contribution in [0.5, 0.6) is 23.0 Å². The predicted molar refractivity (Wildman–Crippen MR) is 91.8 cm³/mol. The fourth-order valence-corrected chi connectivity index (χ4v) is 2.47. The Bertz CT molecular complexity index is 767. The van der Waals surface area contributed by atoms with E-state index < -0.39 is 5.92 Å². The Morgan fingerprint density at radius 3 is 1.88 bits per heavy atom. The zero-order chi connectivity index (χ0) is 18.4. The second-order valence-corrected chi connectivity index (χ2v) is 5.11. The summed E-state index contributed by atoms with van der Waals surface area (Å²) in [5.74, 6) is 0.453. The van der Waals surface area contributed by atoms with Crippen LogP contribution in [0.1, 0.15) is 21.8 Å². The normalized spacial score (nSPS) is 11.2. The number of nitrogens with zero attached hydrogens (tertiary/aromatic N) is 1. The Morgan fingerprint density at radius 1 is 0.920 bits per heavy atom. The van der Waals surface area contributed by atoms with Gasteiger partial charge in [0.05, 0.1) is 34.5 Å². The van der Waals surface area contributed by atoms with Gasteiger partial charge in [0.15, 0.2) is 17.3 Å². The number of Topliss-reactive ketones (excluding diaryl/α,β-unsaturated/α-hetero) is 1. The Hall–Kier alpha value is -3.20. The molecule has 0 saturated heterocycles. The number of ketones is 1. The molecule has 0 aromatic heterocycles. The zero-order valence-corrected chi connectivity index (χ0v) is 14.5. The van der Waals surface area contributed by atoms with Crippen LogP contribution >= 0.6 is 0 Å². The van der Waals surface area contributed by atoms with E-state index in [1.807, 2.05) is 0 Å². The van der Waals surface area contributed by atoms with E-state index in [1.54, 1.807) is 31.4 Å². The molecule has 0 unspecified atom stereocenters. The molecular weight excluding hydrogens is 322 g/mol. The molecule has 0 spiro atoms. The van der Waals surface area contributed by atoms with Gasteiger partial charge in [-0.05, 0) is 29.8 Å². The van der Waals surface area contributed by atoms with Crippen molar-refractivity contribution in [2.24, 2.45) is 0 Å². The van der Waals surface area contributed by atoms with E-state index >= 15 is 0 Å². The van der Waals surface area contributed by atoms with Crippen molar-refractivity contribution in [1.29, 1.82) is 5.26 Å². The predicted octanol–water partition coefficient (Wildman–Crippen LogP) is 3.21. The van der Waals surface area contributed by atoms with E-state index in [0.717, 1.165) is 0 Å². The van der Waals surface area contributed by atoms with Crippen LogP contribution in [0.15, 0.2) is 36.4 Å². The molecule has 0 aliphatic heterocycles. The van der Waals surface area contributed by atoms with Crippen LogP contribution in [-0.4, -0.2) is 34.2 Å². The summed E-state index contributed by atoms with van der Waals surface area (Å²) in [6.45, 7) is 0. The SMILES string of the molecule is COc1ccc([C@H](C#N)C(=O)c2cc(OC)c(OC)c(OC)c2)cc1. The molecule has 6 nitrogen and oxygen atoms in total. The average molecular weight is 341 g/mol. The number of nitriles is 1. The van der Waals surface area contributed by atoms with Crippen molar-refractivity contribution in [2.75, 3.05) is 28.4 Å². The Balaban J connectivity index is 2.45. The summed E-state index contributed by atoms with van der Waals surface area (Å²) in [5, 5.41) is 9.50. The zero-order valence-electron chi connectivity index (χ0n) is 14.5. The Kier molecular flexibility index (Phi) is 5.85. The lowest BCUT2D eigenvalue weighted by atomic mass is 9.91. The van der Waals surface area contributed by atoms with Gasteiger partial charge in [0.1, 0.15) is 11.7 Å². The molecule has 25 heavy (non-hydrogen) atoms. The van der Waals surface area contributed by atoms with Crippen LogP contribution in [0.25, 0.3) is 0 Å². The van der Waals surface area contributed by atoms with E-state index in [0.29, 0.717) is 34.1 Å². The number of rotatable bonds is 7. The summed E-state index contributed by atoms with van der Waals surface area (Å²) in [4.78, 5) is 12.9. The van der Waals surface area contributed by atoms with Crippen LogP contribution in [0, 0.1) is 11.3 Å². The lowest BCUT2D eigenvalue weighted by Gasteiger charge is -2.15. The number of methoxy groups -OCH3 is 4. The van der Waals surface area contributed by atoms with Crippen LogP contribution in [0.3, 0.4) is 0 Å². The van der Waals surface area contributed by atoms with Gasteiger partial charge in [-0.25, -0.2) is 0 Å². The monoisotopic (exact) mass is 341 g/mol. The lowest BCUT2D eigenvalue weighted by molar-refractivity contribution is 0.0978. The molecule has 0 saturated carbocycles. The van der Waals surface area contributed by atoms with Crippen molar-refractivity contribution >= 4 is 5.78 Å². The van der Waals surface area contributed by atoms with Gasteiger partial charge in [-0.15, -0.1) is 0 Å². The van der Waals surface area contributed by atoms with Crippen molar-refractivity contribution in [2.45, 2.75) is 5.92 Å². The minimum Gasteiger partial charge on any atom is -0.497 e. The molecule has 0 radical (unpaired) electrons. The average Bonchev–Trinajstić information content (AvgIpc) is 2.67. The van der Waals surface area contributed by atoms with Crippen molar-refractivity contribution in [3.8, 4) is 29.1 Å². The third-order valence-corrected chi connectivity index (χ3v) is 3.79. The van der Waals surface area contributed by atoms with Gasteiger partial charge >= 0.3 is 0 Å².